The number of anilines is 1. The third-order valence-corrected chi connectivity index (χ3v) is 4.32. The molecule has 0 saturated heterocycles. The standard InChI is InChI=1S/C22H22N4O5/c27-19-8-7-16(31-12-11-25-22-23-9-4-10-24-22)13-17(19)21(30)26-18(14-20(28)29)15-5-2-1-3-6-15/h1-10,13,18,27H,11-12,14H2,(H,26,30)(H,28,29)(H,23,24,25). The van der Waals surface area contributed by atoms with E-state index in [4.69, 9.17) is 4.74 Å². The number of carboxylic acid groups (broad SMARTS) is 1. The number of nitrogens with one attached hydrogen (secondary N) is 2. The maximum Gasteiger partial charge on any atom is 0.305 e. The number of benzene rings is 2. The summed E-state index contributed by atoms with van der Waals surface area (Å²) in [7, 11) is 0. The highest BCUT2D eigenvalue weighted by molar-refractivity contribution is 5.97. The molecular formula is C22H22N4O5. The minimum absolute atomic E-state index is 0.0110. The van der Waals surface area contributed by atoms with Gasteiger partial charge in [0.2, 0.25) is 5.95 Å². The average molecular weight is 422 g/mol. The Hall–Kier alpha value is -4.14. The van der Waals surface area contributed by atoms with Crippen molar-refractivity contribution in [3.8, 4) is 11.5 Å². The molecule has 4 N–H and O–H groups in total. The molecular weight excluding hydrogens is 400 g/mol. The molecule has 9 nitrogen and oxygen atoms in total. The Morgan fingerprint density at radius 2 is 1.77 bits per heavy atom. The highest BCUT2D eigenvalue weighted by Crippen LogP contribution is 2.25. The summed E-state index contributed by atoms with van der Waals surface area (Å²) in [5, 5.41) is 25.0. The van der Waals surface area contributed by atoms with Crippen LogP contribution in [0.5, 0.6) is 11.5 Å². The molecule has 1 unspecified atom stereocenters. The van der Waals surface area contributed by atoms with Crippen molar-refractivity contribution >= 4 is 17.8 Å². The molecule has 0 spiro atoms. The van der Waals surface area contributed by atoms with Crippen LogP contribution in [0.25, 0.3) is 0 Å². The number of aliphatic carboxylic acids is 1. The van der Waals surface area contributed by atoms with Gasteiger partial charge in [0.05, 0.1) is 24.6 Å². The number of carbonyl (C=O) groups excluding carboxylic acids is 1. The maximum absolute atomic E-state index is 12.7. The second kappa shape index (κ2) is 10.6. The van der Waals surface area contributed by atoms with Crippen molar-refractivity contribution in [3.05, 3.63) is 78.1 Å². The summed E-state index contributed by atoms with van der Waals surface area (Å²) in [6.07, 6.45) is 2.95. The molecule has 3 rings (SSSR count). The maximum atomic E-state index is 12.7. The van der Waals surface area contributed by atoms with Gasteiger partial charge in [-0.15, -0.1) is 0 Å². The van der Waals surface area contributed by atoms with Gasteiger partial charge in [0, 0.05) is 12.4 Å². The molecule has 0 radical (unpaired) electrons. The van der Waals surface area contributed by atoms with Gasteiger partial charge in [-0.3, -0.25) is 9.59 Å². The van der Waals surface area contributed by atoms with E-state index >= 15 is 0 Å². The molecule has 31 heavy (non-hydrogen) atoms. The third kappa shape index (κ3) is 6.43. The average Bonchev–Trinajstić information content (AvgIpc) is 2.78. The number of rotatable bonds is 10. The minimum Gasteiger partial charge on any atom is -0.507 e. The van der Waals surface area contributed by atoms with E-state index in [1.807, 2.05) is 0 Å². The lowest BCUT2D eigenvalue weighted by molar-refractivity contribution is -0.137. The SMILES string of the molecule is O=C(O)CC(NC(=O)c1cc(OCCNc2ncccn2)ccc1O)c1ccccc1. The summed E-state index contributed by atoms with van der Waals surface area (Å²) < 4.78 is 5.62. The van der Waals surface area contributed by atoms with Crippen molar-refractivity contribution in [2.24, 2.45) is 0 Å². The number of ether oxygens (including phenoxy) is 1. The van der Waals surface area contributed by atoms with Crippen LogP contribution in [0.3, 0.4) is 0 Å². The fraction of sp³-hybridized carbons (Fsp3) is 0.182. The molecule has 1 atom stereocenters. The van der Waals surface area contributed by atoms with E-state index in [0.717, 1.165) is 0 Å². The molecule has 3 aromatic rings. The van der Waals surface area contributed by atoms with Crippen LogP contribution in [0.1, 0.15) is 28.4 Å². The van der Waals surface area contributed by atoms with E-state index in [9.17, 15) is 19.8 Å². The summed E-state index contributed by atoms with van der Waals surface area (Å²) in [6.45, 7) is 0.705. The van der Waals surface area contributed by atoms with Gasteiger partial charge in [-0.25, -0.2) is 9.97 Å². The molecule has 0 aliphatic rings. The lowest BCUT2D eigenvalue weighted by Crippen LogP contribution is -2.30. The van der Waals surface area contributed by atoms with Crippen LogP contribution in [0, 0.1) is 0 Å². The molecule has 1 aromatic heterocycles. The quantitative estimate of drug-likeness (QED) is 0.366. The smallest absolute Gasteiger partial charge is 0.305 e. The fourth-order valence-corrected chi connectivity index (χ4v) is 2.86. The Bertz CT molecular complexity index is 1010. The molecule has 0 aliphatic heterocycles. The van der Waals surface area contributed by atoms with E-state index < -0.39 is 17.9 Å². The monoisotopic (exact) mass is 422 g/mol. The number of hydrogen-bond donors (Lipinski definition) is 4. The van der Waals surface area contributed by atoms with E-state index in [1.165, 1.54) is 18.2 Å². The van der Waals surface area contributed by atoms with E-state index in [-0.39, 0.29) is 24.3 Å². The van der Waals surface area contributed by atoms with Crippen LogP contribution in [-0.4, -0.2) is 45.2 Å². The van der Waals surface area contributed by atoms with Crippen LogP contribution in [-0.2, 0) is 4.79 Å². The zero-order valence-corrected chi connectivity index (χ0v) is 16.6. The molecule has 0 bridgehead atoms. The first-order chi connectivity index (χ1) is 15.0. The first-order valence-electron chi connectivity index (χ1n) is 9.57. The van der Waals surface area contributed by atoms with Crippen LogP contribution in [0.15, 0.2) is 67.0 Å². The Morgan fingerprint density at radius 3 is 2.48 bits per heavy atom. The number of carbonyl (C=O) groups is 2. The highest BCUT2D eigenvalue weighted by Gasteiger charge is 2.21. The number of amides is 1. The number of phenolic OH excluding ortho intramolecular Hbond substituents is 1. The Labute approximate surface area is 178 Å². The number of aromatic hydroxyl groups is 1. The van der Waals surface area contributed by atoms with Gasteiger partial charge in [0.25, 0.3) is 5.91 Å². The second-order valence-corrected chi connectivity index (χ2v) is 6.56. The largest absolute Gasteiger partial charge is 0.507 e. The normalized spacial score (nSPS) is 11.4. The Kier molecular flexibility index (Phi) is 7.36. The highest BCUT2D eigenvalue weighted by atomic mass is 16.5. The predicted molar refractivity (Wildman–Crippen MR) is 113 cm³/mol. The van der Waals surface area contributed by atoms with Gasteiger partial charge in [0.1, 0.15) is 18.1 Å². The molecule has 9 heteroatoms. The van der Waals surface area contributed by atoms with Crippen molar-refractivity contribution in [2.45, 2.75) is 12.5 Å². The molecule has 160 valence electrons. The van der Waals surface area contributed by atoms with E-state index in [1.54, 1.807) is 48.8 Å². The lowest BCUT2D eigenvalue weighted by atomic mass is 10.0. The molecule has 0 saturated carbocycles. The van der Waals surface area contributed by atoms with E-state index in [0.29, 0.717) is 23.8 Å². The minimum atomic E-state index is -1.05. The van der Waals surface area contributed by atoms with Crippen LogP contribution in [0.4, 0.5) is 5.95 Å². The van der Waals surface area contributed by atoms with Gasteiger partial charge in [0.15, 0.2) is 0 Å². The van der Waals surface area contributed by atoms with E-state index in [2.05, 4.69) is 20.6 Å². The molecule has 1 amide bonds. The number of phenols is 1. The molecule has 2 aromatic carbocycles. The molecule has 1 heterocycles. The zero-order valence-electron chi connectivity index (χ0n) is 16.6. The summed E-state index contributed by atoms with van der Waals surface area (Å²) in [5.41, 5.74) is 0.641. The molecule has 0 aliphatic carbocycles. The number of carboxylic acids is 1. The van der Waals surface area contributed by atoms with Crippen LogP contribution >= 0.6 is 0 Å². The van der Waals surface area contributed by atoms with Crippen LogP contribution < -0.4 is 15.4 Å². The predicted octanol–water partition coefficient (Wildman–Crippen LogP) is 2.62. The Balaban J connectivity index is 1.64. The third-order valence-electron chi connectivity index (χ3n) is 4.32. The summed E-state index contributed by atoms with van der Waals surface area (Å²) in [4.78, 5) is 32.1. The van der Waals surface area contributed by atoms with Crippen molar-refractivity contribution < 1.29 is 24.5 Å². The number of nitrogens with zero attached hydrogens (tertiary/aromatic N) is 2. The zero-order chi connectivity index (χ0) is 22.1. The first-order valence-corrected chi connectivity index (χ1v) is 9.57. The summed E-state index contributed by atoms with van der Waals surface area (Å²) in [5.74, 6) is -1.03. The van der Waals surface area contributed by atoms with Crippen molar-refractivity contribution in [1.29, 1.82) is 0 Å². The van der Waals surface area contributed by atoms with Gasteiger partial charge in [-0.05, 0) is 29.8 Å². The van der Waals surface area contributed by atoms with Crippen molar-refractivity contribution in [2.75, 3.05) is 18.5 Å². The van der Waals surface area contributed by atoms with Crippen LogP contribution in [0.2, 0.25) is 0 Å². The van der Waals surface area contributed by atoms with Gasteiger partial charge in [-0.1, -0.05) is 30.3 Å². The number of hydrogen-bond acceptors (Lipinski definition) is 7. The van der Waals surface area contributed by atoms with Crippen molar-refractivity contribution in [1.82, 2.24) is 15.3 Å². The topological polar surface area (TPSA) is 134 Å². The van der Waals surface area contributed by atoms with Gasteiger partial charge < -0.3 is 25.6 Å². The van der Waals surface area contributed by atoms with Crippen molar-refractivity contribution in [3.63, 3.8) is 0 Å². The second-order valence-electron chi connectivity index (χ2n) is 6.56. The summed E-state index contributed by atoms with van der Waals surface area (Å²) >= 11 is 0. The fourth-order valence-electron chi connectivity index (χ4n) is 2.86. The lowest BCUT2D eigenvalue weighted by Gasteiger charge is -2.18. The van der Waals surface area contributed by atoms with Gasteiger partial charge >= 0.3 is 5.97 Å². The first kappa shape index (κ1) is 21.6. The summed E-state index contributed by atoms with van der Waals surface area (Å²) in [6, 6.07) is 14.1. The van der Waals surface area contributed by atoms with Gasteiger partial charge in [-0.2, -0.15) is 0 Å². The molecule has 0 fully saturated rings. The Morgan fingerprint density at radius 1 is 1.03 bits per heavy atom. The number of aromatic nitrogens is 2.